The van der Waals surface area contributed by atoms with E-state index < -0.39 is 0 Å². The first-order valence-corrected chi connectivity index (χ1v) is 6.81. The highest BCUT2D eigenvalue weighted by Crippen LogP contribution is 2.10. The zero-order chi connectivity index (χ0) is 11.6. The molecule has 1 fully saturated rings. The minimum absolute atomic E-state index is 0.0671. The minimum atomic E-state index is 0.0671. The van der Waals surface area contributed by atoms with E-state index in [4.69, 9.17) is 10.00 Å². The molecule has 0 aromatic heterocycles. The number of rotatable bonds is 7. The van der Waals surface area contributed by atoms with Crippen LogP contribution in [0.5, 0.6) is 0 Å². The minimum Gasteiger partial charge on any atom is -0.376 e. The van der Waals surface area contributed by atoms with Crippen molar-refractivity contribution in [1.29, 1.82) is 5.26 Å². The van der Waals surface area contributed by atoms with E-state index in [0.717, 1.165) is 31.6 Å². The number of carbonyl (C=O) groups is 1. The molecule has 1 amide bonds. The Kier molecular flexibility index (Phi) is 7.02. The van der Waals surface area contributed by atoms with Crippen LogP contribution in [-0.2, 0) is 9.53 Å². The molecule has 90 valence electrons. The van der Waals surface area contributed by atoms with Gasteiger partial charge < -0.3 is 10.1 Å². The van der Waals surface area contributed by atoms with Gasteiger partial charge in [-0.1, -0.05) is 0 Å². The molecule has 0 aromatic carbocycles. The SMILES string of the molecule is N#CCCCSCC(=O)NCC1CCCO1. The fourth-order valence-corrected chi connectivity index (χ4v) is 2.28. The molecule has 1 heterocycles. The van der Waals surface area contributed by atoms with Gasteiger partial charge in [0.25, 0.3) is 0 Å². The van der Waals surface area contributed by atoms with E-state index in [-0.39, 0.29) is 12.0 Å². The van der Waals surface area contributed by atoms with E-state index in [9.17, 15) is 4.79 Å². The maximum Gasteiger partial charge on any atom is 0.230 e. The zero-order valence-corrected chi connectivity index (χ0v) is 10.2. The number of amides is 1. The monoisotopic (exact) mass is 242 g/mol. The molecule has 1 saturated heterocycles. The van der Waals surface area contributed by atoms with Gasteiger partial charge in [0.05, 0.1) is 17.9 Å². The Morgan fingerprint density at radius 2 is 2.50 bits per heavy atom. The molecule has 0 saturated carbocycles. The van der Waals surface area contributed by atoms with Gasteiger partial charge in [-0.3, -0.25) is 4.79 Å². The number of ether oxygens (including phenoxy) is 1. The van der Waals surface area contributed by atoms with Crippen molar-refractivity contribution < 1.29 is 9.53 Å². The van der Waals surface area contributed by atoms with Gasteiger partial charge in [0.1, 0.15) is 0 Å². The Bertz CT molecular complexity index is 247. The van der Waals surface area contributed by atoms with Gasteiger partial charge in [0.15, 0.2) is 0 Å². The van der Waals surface area contributed by atoms with E-state index >= 15 is 0 Å². The maximum atomic E-state index is 11.4. The van der Waals surface area contributed by atoms with Crippen LogP contribution in [0.3, 0.4) is 0 Å². The van der Waals surface area contributed by atoms with Gasteiger partial charge in [0.2, 0.25) is 5.91 Å². The molecular weight excluding hydrogens is 224 g/mol. The summed E-state index contributed by atoms with van der Waals surface area (Å²) in [5, 5.41) is 11.2. The number of nitrogens with one attached hydrogen (secondary N) is 1. The fourth-order valence-electron chi connectivity index (χ4n) is 1.50. The lowest BCUT2D eigenvalue weighted by atomic mass is 10.2. The van der Waals surface area contributed by atoms with Crippen LogP contribution >= 0.6 is 11.8 Å². The average Bonchev–Trinajstić information content (AvgIpc) is 2.79. The Hall–Kier alpha value is -0.730. The highest BCUT2D eigenvalue weighted by atomic mass is 32.2. The summed E-state index contributed by atoms with van der Waals surface area (Å²) in [5.74, 6) is 1.43. The van der Waals surface area contributed by atoms with Gasteiger partial charge in [-0.15, -0.1) is 0 Å². The van der Waals surface area contributed by atoms with Gasteiger partial charge >= 0.3 is 0 Å². The van der Waals surface area contributed by atoms with Crippen LogP contribution in [0.15, 0.2) is 0 Å². The second-order valence-corrected chi connectivity index (χ2v) is 4.86. The third-order valence-corrected chi connectivity index (χ3v) is 3.40. The third-order valence-electron chi connectivity index (χ3n) is 2.36. The number of nitriles is 1. The summed E-state index contributed by atoms with van der Waals surface area (Å²) in [6.07, 6.45) is 3.80. The number of carbonyl (C=O) groups excluding carboxylic acids is 1. The molecule has 1 rings (SSSR count). The fraction of sp³-hybridized carbons (Fsp3) is 0.818. The average molecular weight is 242 g/mol. The van der Waals surface area contributed by atoms with E-state index in [0.29, 0.717) is 18.7 Å². The second-order valence-electron chi connectivity index (χ2n) is 3.75. The quantitative estimate of drug-likeness (QED) is 0.684. The van der Waals surface area contributed by atoms with Crippen molar-refractivity contribution in [3.05, 3.63) is 0 Å². The number of hydrogen-bond acceptors (Lipinski definition) is 4. The van der Waals surface area contributed by atoms with Gasteiger partial charge in [-0.05, 0) is 25.0 Å². The smallest absolute Gasteiger partial charge is 0.230 e. The van der Waals surface area contributed by atoms with Crippen molar-refractivity contribution in [1.82, 2.24) is 5.32 Å². The van der Waals surface area contributed by atoms with Crippen molar-refractivity contribution in [3.63, 3.8) is 0 Å². The van der Waals surface area contributed by atoms with E-state index in [1.165, 1.54) is 0 Å². The van der Waals surface area contributed by atoms with Crippen molar-refractivity contribution in [3.8, 4) is 6.07 Å². The predicted molar refractivity (Wildman–Crippen MR) is 64.2 cm³/mol. The Balaban J connectivity index is 1.92. The Labute approximate surface area is 101 Å². The summed E-state index contributed by atoms with van der Waals surface area (Å²) in [6, 6.07) is 2.09. The summed E-state index contributed by atoms with van der Waals surface area (Å²) < 4.78 is 5.40. The molecule has 1 unspecified atom stereocenters. The molecule has 0 bridgehead atoms. The van der Waals surface area contributed by atoms with Crippen molar-refractivity contribution in [2.24, 2.45) is 0 Å². The number of hydrogen-bond donors (Lipinski definition) is 1. The molecular formula is C11H18N2O2S. The highest BCUT2D eigenvalue weighted by molar-refractivity contribution is 7.99. The molecule has 1 N–H and O–H groups in total. The lowest BCUT2D eigenvalue weighted by Gasteiger charge is -2.10. The van der Waals surface area contributed by atoms with Crippen LogP contribution in [-0.4, -0.2) is 36.7 Å². The third kappa shape index (κ3) is 5.99. The summed E-state index contributed by atoms with van der Waals surface area (Å²) in [4.78, 5) is 11.4. The van der Waals surface area contributed by atoms with Crippen LogP contribution in [0.1, 0.15) is 25.7 Å². The van der Waals surface area contributed by atoms with Gasteiger partial charge in [-0.25, -0.2) is 0 Å². The normalized spacial score (nSPS) is 19.3. The number of unbranched alkanes of at least 4 members (excludes halogenated alkanes) is 1. The molecule has 1 atom stereocenters. The summed E-state index contributed by atoms with van der Waals surface area (Å²) in [5.41, 5.74) is 0. The molecule has 0 spiro atoms. The van der Waals surface area contributed by atoms with Crippen LogP contribution in [0.2, 0.25) is 0 Å². The maximum absolute atomic E-state index is 11.4. The second kappa shape index (κ2) is 8.43. The van der Waals surface area contributed by atoms with E-state index in [1.807, 2.05) is 0 Å². The number of nitrogens with zero attached hydrogens (tertiary/aromatic N) is 1. The zero-order valence-electron chi connectivity index (χ0n) is 9.41. The van der Waals surface area contributed by atoms with Crippen LogP contribution in [0, 0.1) is 11.3 Å². The molecule has 4 nitrogen and oxygen atoms in total. The van der Waals surface area contributed by atoms with Crippen LogP contribution in [0.4, 0.5) is 0 Å². The van der Waals surface area contributed by atoms with E-state index in [2.05, 4.69) is 11.4 Å². The summed E-state index contributed by atoms with van der Waals surface area (Å²) >= 11 is 1.58. The number of thioether (sulfide) groups is 1. The van der Waals surface area contributed by atoms with Gasteiger partial charge in [-0.2, -0.15) is 17.0 Å². The largest absolute Gasteiger partial charge is 0.376 e. The molecule has 0 aromatic rings. The lowest BCUT2D eigenvalue weighted by Crippen LogP contribution is -2.32. The topological polar surface area (TPSA) is 62.1 Å². The first kappa shape index (κ1) is 13.3. The van der Waals surface area contributed by atoms with Gasteiger partial charge in [0, 0.05) is 19.6 Å². The molecule has 0 radical (unpaired) electrons. The summed E-state index contributed by atoms with van der Waals surface area (Å²) in [7, 11) is 0. The van der Waals surface area contributed by atoms with Crippen LogP contribution < -0.4 is 5.32 Å². The highest BCUT2D eigenvalue weighted by Gasteiger charge is 2.15. The van der Waals surface area contributed by atoms with Crippen molar-refractivity contribution >= 4 is 17.7 Å². The molecule has 0 aliphatic carbocycles. The van der Waals surface area contributed by atoms with E-state index in [1.54, 1.807) is 11.8 Å². The Morgan fingerprint density at radius 3 is 3.19 bits per heavy atom. The van der Waals surface area contributed by atoms with Crippen LogP contribution in [0.25, 0.3) is 0 Å². The first-order valence-electron chi connectivity index (χ1n) is 5.66. The van der Waals surface area contributed by atoms with Crippen molar-refractivity contribution in [2.45, 2.75) is 31.8 Å². The molecule has 1 aliphatic rings. The lowest BCUT2D eigenvalue weighted by molar-refractivity contribution is -0.119. The molecule has 1 aliphatic heterocycles. The summed E-state index contributed by atoms with van der Waals surface area (Å²) in [6.45, 7) is 1.46. The predicted octanol–water partition coefficient (Wildman–Crippen LogP) is 1.32. The Morgan fingerprint density at radius 1 is 1.62 bits per heavy atom. The molecule has 16 heavy (non-hydrogen) atoms. The first-order chi connectivity index (χ1) is 7.83. The van der Waals surface area contributed by atoms with Crippen molar-refractivity contribution in [2.75, 3.05) is 24.7 Å². The standard InChI is InChI=1S/C11H18N2O2S/c12-5-1-2-7-16-9-11(14)13-8-10-4-3-6-15-10/h10H,1-4,6-9H2,(H,13,14). The molecule has 5 heteroatoms.